The predicted octanol–water partition coefficient (Wildman–Crippen LogP) is 1.99. The molecule has 0 radical (unpaired) electrons. The minimum atomic E-state index is 0.174. The lowest BCUT2D eigenvalue weighted by molar-refractivity contribution is -0.126. The number of hydrogen-bond donors (Lipinski definition) is 1. The molecule has 0 aliphatic heterocycles. The van der Waals surface area contributed by atoms with Gasteiger partial charge in [-0.2, -0.15) is 0 Å². The van der Waals surface area contributed by atoms with Crippen molar-refractivity contribution in [1.82, 2.24) is 0 Å². The average Bonchev–Trinajstić information content (AvgIpc) is 2.18. The highest BCUT2D eigenvalue weighted by Gasteiger charge is 2.37. The number of ketones is 1. The summed E-state index contributed by atoms with van der Waals surface area (Å²) in [6, 6.07) is 0. The zero-order valence-electron chi connectivity index (χ0n) is 7.70. The fraction of sp³-hybridized carbons (Fsp3) is 0.800. The lowest BCUT2D eigenvalue weighted by Crippen LogP contribution is -2.37. The maximum absolute atomic E-state index is 11.6. The molecule has 2 unspecified atom stereocenters. The molecular formula is C10H15NO2. The summed E-state index contributed by atoms with van der Waals surface area (Å²) in [7, 11) is 0. The standard InChI is InChI=1S/C10H15NO2/c12-10-6-2-3-7-8(10)4-1-5-9(7)11-13/h7-8,13H,1-6H2. The van der Waals surface area contributed by atoms with E-state index in [0.717, 1.165) is 44.2 Å². The second kappa shape index (κ2) is 3.48. The van der Waals surface area contributed by atoms with Gasteiger partial charge < -0.3 is 5.21 Å². The normalized spacial score (nSPS) is 37.5. The van der Waals surface area contributed by atoms with E-state index in [2.05, 4.69) is 5.16 Å². The van der Waals surface area contributed by atoms with Crippen LogP contribution in [0.2, 0.25) is 0 Å². The molecule has 2 saturated carbocycles. The van der Waals surface area contributed by atoms with Gasteiger partial charge in [-0.15, -0.1) is 0 Å². The third-order valence-corrected chi connectivity index (χ3v) is 3.34. The molecule has 13 heavy (non-hydrogen) atoms. The van der Waals surface area contributed by atoms with Gasteiger partial charge in [0.25, 0.3) is 0 Å². The lowest BCUT2D eigenvalue weighted by atomic mass is 9.69. The Morgan fingerprint density at radius 3 is 2.62 bits per heavy atom. The molecule has 0 bridgehead atoms. The zero-order chi connectivity index (χ0) is 9.26. The fourth-order valence-electron chi connectivity index (χ4n) is 2.68. The van der Waals surface area contributed by atoms with Gasteiger partial charge in [0.05, 0.1) is 5.71 Å². The Morgan fingerprint density at radius 1 is 1.15 bits per heavy atom. The molecule has 3 heteroatoms. The average molecular weight is 181 g/mol. The van der Waals surface area contributed by atoms with Crippen LogP contribution in [0.15, 0.2) is 5.16 Å². The molecule has 2 rings (SSSR count). The largest absolute Gasteiger partial charge is 0.411 e. The van der Waals surface area contributed by atoms with Gasteiger partial charge in [-0.25, -0.2) is 0 Å². The Labute approximate surface area is 77.8 Å². The molecule has 0 aromatic rings. The van der Waals surface area contributed by atoms with Crippen molar-refractivity contribution in [2.45, 2.75) is 38.5 Å². The number of carbonyl (C=O) groups excluding carboxylic acids is 1. The van der Waals surface area contributed by atoms with E-state index in [1.165, 1.54) is 0 Å². The second-order valence-electron chi connectivity index (χ2n) is 4.06. The van der Waals surface area contributed by atoms with Crippen molar-refractivity contribution in [3.05, 3.63) is 0 Å². The summed E-state index contributed by atoms with van der Waals surface area (Å²) in [5.74, 6) is 0.825. The van der Waals surface area contributed by atoms with Crippen molar-refractivity contribution in [3.63, 3.8) is 0 Å². The van der Waals surface area contributed by atoms with Gasteiger partial charge in [0.15, 0.2) is 0 Å². The first-order chi connectivity index (χ1) is 6.33. The summed E-state index contributed by atoms with van der Waals surface area (Å²) in [6.45, 7) is 0. The monoisotopic (exact) mass is 181 g/mol. The van der Waals surface area contributed by atoms with Gasteiger partial charge in [0.1, 0.15) is 5.78 Å². The number of Topliss-reactive ketones (excluding diaryl/α,β-unsaturated/α-hetero) is 1. The highest BCUT2D eigenvalue weighted by atomic mass is 16.4. The Morgan fingerprint density at radius 2 is 1.85 bits per heavy atom. The minimum Gasteiger partial charge on any atom is -0.411 e. The molecule has 0 aromatic carbocycles. The van der Waals surface area contributed by atoms with E-state index in [1.807, 2.05) is 0 Å². The minimum absolute atomic E-state index is 0.174. The van der Waals surface area contributed by atoms with Gasteiger partial charge in [0, 0.05) is 18.3 Å². The molecule has 1 N–H and O–H groups in total. The van der Waals surface area contributed by atoms with Crippen LogP contribution in [0, 0.1) is 11.8 Å². The second-order valence-corrected chi connectivity index (χ2v) is 4.06. The van der Waals surface area contributed by atoms with Gasteiger partial charge in [-0.3, -0.25) is 4.79 Å². The maximum Gasteiger partial charge on any atom is 0.136 e. The SMILES string of the molecule is O=C1CCCC2C(=NO)CCCC12. The number of rotatable bonds is 0. The van der Waals surface area contributed by atoms with Crippen LogP contribution in [0.4, 0.5) is 0 Å². The molecule has 2 fully saturated rings. The first-order valence-corrected chi connectivity index (χ1v) is 5.06. The molecule has 72 valence electrons. The van der Waals surface area contributed by atoms with Crippen molar-refractivity contribution in [2.75, 3.05) is 0 Å². The van der Waals surface area contributed by atoms with E-state index in [1.54, 1.807) is 0 Å². The summed E-state index contributed by atoms with van der Waals surface area (Å²) >= 11 is 0. The van der Waals surface area contributed by atoms with Crippen LogP contribution >= 0.6 is 0 Å². The summed E-state index contributed by atoms with van der Waals surface area (Å²) in [5, 5.41) is 12.1. The number of nitrogens with zero attached hydrogens (tertiary/aromatic N) is 1. The molecule has 2 atom stereocenters. The molecule has 0 aromatic heterocycles. The first-order valence-electron chi connectivity index (χ1n) is 5.06. The highest BCUT2D eigenvalue weighted by molar-refractivity contribution is 5.94. The topological polar surface area (TPSA) is 49.7 Å². The number of fused-ring (bicyclic) bond motifs is 1. The van der Waals surface area contributed by atoms with Crippen LogP contribution in [0.3, 0.4) is 0 Å². The summed E-state index contributed by atoms with van der Waals surface area (Å²) in [4.78, 5) is 11.6. The van der Waals surface area contributed by atoms with Crippen LogP contribution in [0.5, 0.6) is 0 Å². The molecule has 2 aliphatic carbocycles. The van der Waals surface area contributed by atoms with E-state index in [-0.39, 0.29) is 11.8 Å². The Hall–Kier alpha value is -0.860. The molecule has 2 aliphatic rings. The van der Waals surface area contributed by atoms with Crippen LogP contribution in [0.25, 0.3) is 0 Å². The Bertz CT molecular complexity index is 247. The number of oxime groups is 1. The quantitative estimate of drug-likeness (QED) is 0.459. The third kappa shape index (κ3) is 1.47. The molecule has 0 saturated heterocycles. The number of carbonyl (C=O) groups is 1. The van der Waals surface area contributed by atoms with E-state index in [9.17, 15) is 4.79 Å². The summed E-state index contributed by atoms with van der Waals surface area (Å²) in [5.41, 5.74) is 0.865. The summed E-state index contributed by atoms with van der Waals surface area (Å²) < 4.78 is 0. The number of hydrogen-bond acceptors (Lipinski definition) is 3. The summed E-state index contributed by atoms with van der Waals surface area (Å²) in [6.07, 6.45) is 5.63. The maximum atomic E-state index is 11.6. The Balaban J connectivity index is 2.18. The Kier molecular flexibility index (Phi) is 2.34. The molecule has 0 heterocycles. The van der Waals surface area contributed by atoms with Gasteiger partial charge in [-0.1, -0.05) is 5.16 Å². The smallest absolute Gasteiger partial charge is 0.136 e. The fourth-order valence-corrected chi connectivity index (χ4v) is 2.68. The molecule has 3 nitrogen and oxygen atoms in total. The van der Waals surface area contributed by atoms with Crippen molar-refractivity contribution in [2.24, 2.45) is 17.0 Å². The predicted molar refractivity (Wildman–Crippen MR) is 48.9 cm³/mol. The first kappa shape index (κ1) is 8.73. The third-order valence-electron chi connectivity index (χ3n) is 3.34. The van der Waals surface area contributed by atoms with Crippen LogP contribution < -0.4 is 0 Å². The van der Waals surface area contributed by atoms with Gasteiger partial charge in [0.2, 0.25) is 0 Å². The van der Waals surface area contributed by atoms with Crippen LogP contribution in [0.1, 0.15) is 38.5 Å². The van der Waals surface area contributed by atoms with Gasteiger partial charge >= 0.3 is 0 Å². The highest BCUT2D eigenvalue weighted by Crippen LogP contribution is 2.36. The lowest BCUT2D eigenvalue weighted by Gasteiger charge is -2.34. The van der Waals surface area contributed by atoms with Crippen molar-refractivity contribution >= 4 is 11.5 Å². The van der Waals surface area contributed by atoms with Crippen molar-refractivity contribution in [1.29, 1.82) is 0 Å². The van der Waals surface area contributed by atoms with E-state index in [0.29, 0.717) is 5.78 Å². The van der Waals surface area contributed by atoms with E-state index < -0.39 is 0 Å². The van der Waals surface area contributed by atoms with Crippen molar-refractivity contribution < 1.29 is 10.0 Å². The van der Waals surface area contributed by atoms with Crippen LogP contribution in [-0.4, -0.2) is 16.7 Å². The molecular weight excluding hydrogens is 166 g/mol. The van der Waals surface area contributed by atoms with Crippen LogP contribution in [-0.2, 0) is 4.79 Å². The van der Waals surface area contributed by atoms with E-state index in [4.69, 9.17) is 5.21 Å². The van der Waals surface area contributed by atoms with Gasteiger partial charge in [-0.05, 0) is 32.1 Å². The molecule has 0 amide bonds. The van der Waals surface area contributed by atoms with E-state index >= 15 is 0 Å². The molecule has 0 spiro atoms. The van der Waals surface area contributed by atoms with Crippen molar-refractivity contribution in [3.8, 4) is 0 Å². The zero-order valence-corrected chi connectivity index (χ0v) is 7.70.